The number of carbonyl (C=O) groups is 2. The second kappa shape index (κ2) is 48.4. The lowest BCUT2D eigenvalue weighted by Gasteiger charge is -2.35. The Morgan fingerprint density at radius 1 is 0.405 bits per heavy atom. The minimum Gasteiger partial charge on any atom is -0.744 e. The summed E-state index contributed by atoms with van der Waals surface area (Å²) in [5, 5.41) is 0. The first kappa shape index (κ1) is 103. The number of esters is 2. The van der Waals surface area contributed by atoms with Gasteiger partial charge in [0, 0.05) is 17.9 Å². The zero-order valence-electron chi connectivity index (χ0n) is 72.9. The maximum Gasteiger partial charge on any atom is 0.344 e. The highest BCUT2D eigenvalue weighted by atomic mass is 32.2. The topological polar surface area (TPSA) is 213 Å². The molecule has 0 radical (unpaired) electrons. The van der Waals surface area contributed by atoms with Gasteiger partial charge in [0.05, 0.1) is 47.0 Å². The van der Waals surface area contributed by atoms with Crippen molar-refractivity contribution in [3.8, 4) is 28.7 Å². The molecule has 3 atom stereocenters. The van der Waals surface area contributed by atoms with Crippen molar-refractivity contribution >= 4 is 54.0 Å². The number of benzene rings is 11. The van der Waals surface area contributed by atoms with Gasteiger partial charge in [-0.3, -0.25) is 4.79 Å². The summed E-state index contributed by atoms with van der Waals surface area (Å²) in [6, 6.07) is 84.3. The Labute approximate surface area is 741 Å². The Balaban J connectivity index is 0.000000219. The zero-order chi connectivity index (χ0) is 92.7. The SMILES string of the molecule is CCC(C)(C)C(=O)OC(OCc1ccccc1)C(C)(C)C.CCC(C)c1ccc(OCCCOc2c(F)c(F)c(S(=O)(=O)[O-])c(F)c2F)cc1.CCC(C)c1ccc(Oc2c(F)c(F)c(S(=O)(=O)[O-])c(F)c2F)cc1.CCC(CC)(OC(=O)COc1cccc([S+](c2ccccc2)c2ccccc2)c1)C(C)C.c1ccc([S+](c2ccccc2)c2ccccc2)cc1. The van der Waals surface area contributed by atoms with E-state index in [1.165, 1.54) is 36.6 Å². The number of carbonyl (C=O) groups excluding carboxylic acids is 2. The molecule has 0 bridgehead atoms. The highest BCUT2D eigenvalue weighted by Gasteiger charge is 2.38. The van der Waals surface area contributed by atoms with E-state index in [-0.39, 0.29) is 83.0 Å². The molecule has 11 rings (SSSR count). The zero-order valence-corrected chi connectivity index (χ0v) is 76.2. The van der Waals surface area contributed by atoms with Crippen LogP contribution in [-0.4, -0.2) is 69.6 Å². The van der Waals surface area contributed by atoms with E-state index < -0.39 is 105 Å². The summed E-state index contributed by atoms with van der Waals surface area (Å²) < 4.78 is 213. The molecule has 0 aliphatic rings. The first-order valence-corrected chi connectivity index (χ1v) is 46.3. The summed E-state index contributed by atoms with van der Waals surface area (Å²) in [6.45, 7) is 28.3. The largest absolute Gasteiger partial charge is 0.744 e. The highest BCUT2D eigenvalue weighted by Crippen LogP contribution is 2.40. The van der Waals surface area contributed by atoms with Crippen LogP contribution in [0.1, 0.15) is 164 Å². The van der Waals surface area contributed by atoms with E-state index in [2.05, 4.69) is 187 Å². The molecule has 11 aromatic rings. The number of rotatable bonds is 33. The molecule has 126 heavy (non-hydrogen) atoms. The molecule has 0 N–H and O–H groups in total. The van der Waals surface area contributed by atoms with E-state index in [0.29, 0.717) is 24.0 Å². The van der Waals surface area contributed by atoms with Gasteiger partial charge < -0.3 is 42.3 Å². The van der Waals surface area contributed by atoms with Crippen molar-refractivity contribution in [2.75, 3.05) is 19.8 Å². The van der Waals surface area contributed by atoms with Crippen LogP contribution in [0.2, 0.25) is 0 Å². The van der Waals surface area contributed by atoms with Gasteiger partial charge in [0.1, 0.15) is 52.9 Å². The Bertz CT molecular complexity index is 5280. The molecule has 3 unspecified atom stereocenters. The maximum absolute atomic E-state index is 13.9. The molecule has 0 aliphatic heterocycles. The minimum atomic E-state index is -5.75. The molecule has 674 valence electrons. The molecule has 15 nitrogen and oxygen atoms in total. The molecular weight excluding hydrogens is 1710 g/mol. The minimum absolute atomic E-state index is 0.0146. The third-order valence-electron chi connectivity index (χ3n) is 20.5. The van der Waals surface area contributed by atoms with Gasteiger partial charge in [-0.1, -0.05) is 235 Å². The lowest BCUT2D eigenvalue weighted by Crippen LogP contribution is -2.40. The fourth-order valence-corrected chi connectivity index (χ4v) is 17.7. The van der Waals surface area contributed by atoms with E-state index in [1.807, 2.05) is 128 Å². The van der Waals surface area contributed by atoms with Crippen LogP contribution in [0.25, 0.3) is 0 Å². The third-order valence-corrected chi connectivity index (χ3v) is 26.6. The van der Waals surface area contributed by atoms with Crippen molar-refractivity contribution in [3.05, 3.63) is 318 Å². The van der Waals surface area contributed by atoms with Gasteiger partial charge in [-0.2, -0.15) is 17.6 Å². The second-order valence-electron chi connectivity index (χ2n) is 31.1. The van der Waals surface area contributed by atoms with Crippen LogP contribution in [0.5, 0.6) is 28.7 Å². The molecular formula is C99H108F8O15S4. The lowest BCUT2D eigenvalue weighted by atomic mass is 9.85. The Kier molecular flexibility index (Phi) is 39.4. The molecule has 0 heterocycles. The first-order chi connectivity index (χ1) is 59.7. The predicted octanol–water partition coefficient (Wildman–Crippen LogP) is 25.2. The molecule has 0 fully saturated rings. The van der Waals surface area contributed by atoms with Gasteiger partial charge in [0.2, 0.25) is 35.3 Å². The predicted molar refractivity (Wildman–Crippen MR) is 472 cm³/mol. The summed E-state index contributed by atoms with van der Waals surface area (Å²) in [6.07, 6.45) is 3.71. The van der Waals surface area contributed by atoms with Gasteiger partial charge in [0.15, 0.2) is 65.0 Å². The first-order valence-electron chi connectivity index (χ1n) is 41.1. The Hall–Kier alpha value is -10.5. The van der Waals surface area contributed by atoms with Crippen LogP contribution in [0.15, 0.2) is 294 Å². The van der Waals surface area contributed by atoms with Gasteiger partial charge in [0.25, 0.3) is 0 Å². The smallest absolute Gasteiger partial charge is 0.344 e. The van der Waals surface area contributed by atoms with Crippen LogP contribution in [0.4, 0.5) is 35.1 Å². The summed E-state index contributed by atoms with van der Waals surface area (Å²) >= 11 is 0. The molecule has 0 amide bonds. The monoisotopic (exact) mass is 1820 g/mol. The van der Waals surface area contributed by atoms with Gasteiger partial charge >= 0.3 is 11.9 Å². The highest BCUT2D eigenvalue weighted by molar-refractivity contribution is 7.97. The van der Waals surface area contributed by atoms with Crippen molar-refractivity contribution in [1.29, 1.82) is 0 Å². The van der Waals surface area contributed by atoms with Crippen LogP contribution in [0, 0.1) is 63.3 Å². The number of halogens is 8. The molecule has 0 aromatic heterocycles. The molecule has 11 aromatic carbocycles. The summed E-state index contributed by atoms with van der Waals surface area (Å²) in [7, 11) is -11.8. The van der Waals surface area contributed by atoms with E-state index in [9.17, 15) is 70.7 Å². The Morgan fingerprint density at radius 2 is 0.762 bits per heavy atom. The molecule has 0 saturated carbocycles. The van der Waals surface area contributed by atoms with Crippen LogP contribution in [-0.2, 0) is 72.4 Å². The average molecular weight is 1820 g/mol. The van der Waals surface area contributed by atoms with Crippen molar-refractivity contribution in [3.63, 3.8) is 0 Å². The summed E-state index contributed by atoms with van der Waals surface area (Å²) in [5.41, 5.74) is 1.95. The maximum atomic E-state index is 13.9. The molecule has 0 spiro atoms. The van der Waals surface area contributed by atoms with Crippen molar-refractivity contribution in [2.24, 2.45) is 16.7 Å². The molecule has 0 aliphatic carbocycles. The lowest BCUT2D eigenvalue weighted by molar-refractivity contribution is -0.215. The quantitative estimate of drug-likeness (QED) is 0.00711. The van der Waals surface area contributed by atoms with E-state index in [0.717, 1.165) is 53.7 Å². The van der Waals surface area contributed by atoms with E-state index in [4.69, 9.17) is 33.2 Å². The fourth-order valence-electron chi connectivity index (χ4n) is 12.2. The van der Waals surface area contributed by atoms with Crippen LogP contribution >= 0.6 is 0 Å². The molecule has 0 saturated heterocycles. The third kappa shape index (κ3) is 29.3. The second-order valence-corrected chi connectivity index (χ2v) is 37.8. The van der Waals surface area contributed by atoms with E-state index >= 15 is 0 Å². The van der Waals surface area contributed by atoms with Gasteiger partial charge in [-0.25, -0.2) is 39.2 Å². The van der Waals surface area contributed by atoms with Crippen molar-refractivity contribution in [2.45, 2.75) is 205 Å². The van der Waals surface area contributed by atoms with Gasteiger partial charge in [-0.05, 0) is 177 Å². The normalized spacial score (nSPS) is 12.3. The summed E-state index contributed by atoms with van der Waals surface area (Å²) in [4.78, 5) is 28.1. The average Bonchev–Trinajstić information content (AvgIpc) is 0.767. The van der Waals surface area contributed by atoms with Crippen LogP contribution in [0.3, 0.4) is 0 Å². The van der Waals surface area contributed by atoms with Gasteiger partial charge in [-0.15, -0.1) is 0 Å². The van der Waals surface area contributed by atoms with Crippen molar-refractivity contribution in [1.82, 2.24) is 0 Å². The Morgan fingerprint density at radius 3 is 1.12 bits per heavy atom. The number of hydrogen-bond donors (Lipinski definition) is 0. The number of ether oxygens (including phenoxy) is 7. The number of hydrogen-bond acceptors (Lipinski definition) is 15. The fraction of sp³-hybridized carbons (Fsp3) is 0.313. The van der Waals surface area contributed by atoms with Crippen molar-refractivity contribution < 1.29 is 104 Å². The molecule has 27 heteroatoms. The van der Waals surface area contributed by atoms with Crippen LogP contribution < -0.4 is 18.9 Å². The summed E-state index contributed by atoms with van der Waals surface area (Å²) in [5.74, 6) is -19.2. The van der Waals surface area contributed by atoms with E-state index in [1.54, 1.807) is 24.3 Å². The standard InChI is InChI=1S/C28H33O3S.C19H20F4O5S.C18H28O3.C18H15S.C16H14F4O4S/c1-5-28(6-2,22(3)4)31-27(29)21-30-23-14-13-19-26(20-23)32(24-15-9-7-10-16-24)25-17-11-8-12-18-25;1-3-11(2)12-5-7-13(8-6-12)27-9-4-10-28-18-14(20)16(22)19(29(24,25)26)17(23)15(18)21;1-7-18(5,6)15(19)21-16(17(2,3)4)20-13-14-11-9-8-10-12-14;1-4-10-16(11-5-1)19(17-12-6-2-7-13-17)18-14-8-3-9-15-18;1-3-8(2)9-4-6-10(7-5-9)24-15-11(17)13(19)16(25(21,22)23)14(20)12(15)18/h7-20,22H,5-6,21H2,1-4H3;5-8,11H,3-4,9-10H2,1-2H3,(H,24,25,26);8-12,16H,7,13H2,1-6H3;1-15H;4-8H,3H2,1-2H3,(H,21,22,23)/q+1;;;+1;/p-2.